The third kappa shape index (κ3) is 1.79. The van der Waals surface area contributed by atoms with E-state index >= 15 is 0 Å². The van der Waals surface area contributed by atoms with E-state index in [0.717, 1.165) is 16.0 Å². The van der Waals surface area contributed by atoms with E-state index in [1.165, 1.54) is 6.33 Å². The van der Waals surface area contributed by atoms with E-state index in [2.05, 4.69) is 19.9 Å². The zero-order valence-electron chi connectivity index (χ0n) is 9.45. The van der Waals surface area contributed by atoms with E-state index in [-0.39, 0.29) is 0 Å². The molecular formula is C10H9N5OS2. The first-order valence-corrected chi connectivity index (χ1v) is 6.43. The van der Waals surface area contributed by atoms with E-state index in [4.69, 9.17) is 17.0 Å². The average Bonchev–Trinajstić information content (AvgIpc) is 2.99. The van der Waals surface area contributed by atoms with Crippen molar-refractivity contribution in [2.75, 3.05) is 7.11 Å². The third-order valence-corrected chi connectivity index (χ3v) is 3.60. The molecule has 0 fully saturated rings. The lowest BCUT2D eigenvalue weighted by molar-refractivity contribution is 0.401. The molecule has 0 aromatic carbocycles. The number of H-pyrrole nitrogens is 1. The fourth-order valence-electron chi connectivity index (χ4n) is 1.72. The Hall–Kier alpha value is -1.80. The van der Waals surface area contributed by atoms with Crippen molar-refractivity contribution < 1.29 is 4.74 Å². The number of aromatic nitrogens is 5. The largest absolute Gasteiger partial charge is 0.479 e. The molecule has 6 nitrogen and oxygen atoms in total. The molecule has 0 aliphatic heterocycles. The predicted octanol–water partition coefficient (Wildman–Crippen LogP) is 2.00. The van der Waals surface area contributed by atoms with Crippen LogP contribution in [0.3, 0.4) is 0 Å². The Morgan fingerprint density at radius 1 is 1.50 bits per heavy atom. The molecule has 0 atom stereocenters. The van der Waals surface area contributed by atoms with Crippen molar-refractivity contribution in [3.05, 3.63) is 27.7 Å². The number of nitrogens with one attached hydrogen (secondary N) is 1. The van der Waals surface area contributed by atoms with E-state index in [0.29, 0.717) is 17.2 Å². The van der Waals surface area contributed by atoms with Gasteiger partial charge in [-0.1, -0.05) is 0 Å². The van der Waals surface area contributed by atoms with E-state index in [1.54, 1.807) is 24.0 Å². The van der Waals surface area contributed by atoms with Crippen LogP contribution in [0.15, 0.2) is 18.0 Å². The van der Waals surface area contributed by atoms with Crippen LogP contribution < -0.4 is 4.74 Å². The summed E-state index contributed by atoms with van der Waals surface area (Å²) in [6.07, 6.45) is 3.29. The van der Waals surface area contributed by atoms with Gasteiger partial charge in [-0.05, 0) is 12.2 Å². The number of hydrogen-bond donors (Lipinski definition) is 1. The summed E-state index contributed by atoms with van der Waals surface area (Å²) < 4.78 is 7.68. The molecule has 0 radical (unpaired) electrons. The molecular weight excluding hydrogens is 270 g/mol. The summed E-state index contributed by atoms with van der Waals surface area (Å²) in [4.78, 5) is 16.5. The summed E-state index contributed by atoms with van der Waals surface area (Å²) in [6.45, 7) is 0.643. The van der Waals surface area contributed by atoms with Gasteiger partial charge >= 0.3 is 0 Å². The lowest BCUT2D eigenvalue weighted by Crippen LogP contribution is -1.99. The van der Waals surface area contributed by atoms with E-state index in [1.807, 2.05) is 10.8 Å². The van der Waals surface area contributed by atoms with Gasteiger partial charge < -0.3 is 9.72 Å². The van der Waals surface area contributed by atoms with Gasteiger partial charge in [0.05, 0.1) is 19.2 Å². The van der Waals surface area contributed by atoms with Gasteiger partial charge in [-0.3, -0.25) is 9.55 Å². The predicted molar refractivity (Wildman–Crippen MR) is 70.5 cm³/mol. The fraction of sp³-hybridized carbons (Fsp3) is 0.200. The number of hydrogen-bond acceptors (Lipinski definition) is 6. The van der Waals surface area contributed by atoms with Crippen LogP contribution in [0, 0.1) is 4.77 Å². The van der Waals surface area contributed by atoms with Crippen molar-refractivity contribution >= 4 is 34.7 Å². The standard InChI is InChI=1S/C10H9N5OS2/c1-16-9-7-8(12-4-13-9)15(10(17)14-7)3-6-2-11-5-18-6/h2,4-5H,3H2,1H3,(H,14,17). The number of aromatic amines is 1. The van der Waals surface area contributed by atoms with Crippen molar-refractivity contribution in [1.29, 1.82) is 0 Å². The topological polar surface area (TPSA) is 68.6 Å². The summed E-state index contributed by atoms with van der Waals surface area (Å²) in [6, 6.07) is 0. The van der Waals surface area contributed by atoms with Crippen LogP contribution >= 0.6 is 23.6 Å². The van der Waals surface area contributed by atoms with Crippen molar-refractivity contribution in [1.82, 2.24) is 24.5 Å². The van der Waals surface area contributed by atoms with Gasteiger partial charge in [-0.25, -0.2) is 4.98 Å². The lowest BCUT2D eigenvalue weighted by atomic mass is 10.5. The second kappa shape index (κ2) is 4.46. The molecule has 0 amide bonds. The molecule has 0 spiro atoms. The molecule has 3 heterocycles. The second-order valence-electron chi connectivity index (χ2n) is 3.57. The van der Waals surface area contributed by atoms with Crippen molar-refractivity contribution in [3.8, 4) is 5.88 Å². The fourth-order valence-corrected chi connectivity index (χ4v) is 2.56. The van der Waals surface area contributed by atoms with Gasteiger partial charge in [0.2, 0.25) is 5.88 Å². The molecule has 3 aromatic rings. The molecule has 0 saturated heterocycles. The van der Waals surface area contributed by atoms with Gasteiger partial charge in [0, 0.05) is 11.1 Å². The molecule has 1 N–H and O–H groups in total. The number of rotatable bonds is 3. The second-order valence-corrected chi connectivity index (χ2v) is 4.92. The molecule has 18 heavy (non-hydrogen) atoms. The van der Waals surface area contributed by atoms with Gasteiger partial charge in [-0.15, -0.1) is 11.3 Å². The third-order valence-electron chi connectivity index (χ3n) is 2.52. The van der Waals surface area contributed by atoms with Crippen LogP contribution in [0.1, 0.15) is 4.88 Å². The first-order valence-electron chi connectivity index (χ1n) is 5.14. The van der Waals surface area contributed by atoms with E-state index in [9.17, 15) is 0 Å². The summed E-state index contributed by atoms with van der Waals surface area (Å²) in [5.74, 6) is 0.495. The normalized spacial score (nSPS) is 10.9. The highest BCUT2D eigenvalue weighted by molar-refractivity contribution is 7.71. The quantitative estimate of drug-likeness (QED) is 0.743. The number of methoxy groups -OCH3 is 1. The van der Waals surface area contributed by atoms with Gasteiger partial charge in [-0.2, -0.15) is 4.98 Å². The summed E-state index contributed by atoms with van der Waals surface area (Å²) in [5.41, 5.74) is 3.25. The number of thiazole rings is 1. The molecule has 3 aromatic heterocycles. The van der Waals surface area contributed by atoms with Crippen LogP contribution in [-0.2, 0) is 6.54 Å². The number of nitrogens with zero attached hydrogens (tertiary/aromatic N) is 4. The zero-order valence-corrected chi connectivity index (χ0v) is 11.1. The molecule has 0 bridgehead atoms. The monoisotopic (exact) mass is 279 g/mol. The van der Waals surface area contributed by atoms with Crippen molar-refractivity contribution in [3.63, 3.8) is 0 Å². The van der Waals surface area contributed by atoms with E-state index < -0.39 is 0 Å². The first kappa shape index (κ1) is 11.3. The van der Waals surface area contributed by atoms with Crippen molar-refractivity contribution in [2.24, 2.45) is 0 Å². The Kier molecular flexibility index (Phi) is 2.80. The number of ether oxygens (including phenoxy) is 1. The molecule has 3 rings (SSSR count). The lowest BCUT2D eigenvalue weighted by Gasteiger charge is -2.01. The maximum atomic E-state index is 5.30. The zero-order chi connectivity index (χ0) is 12.5. The maximum Gasteiger partial charge on any atom is 0.242 e. The minimum absolute atomic E-state index is 0.495. The SMILES string of the molecule is COc1ncnc2c1[nH]c(=S)n2Cc1cncs1. The Bertz CT molecular complexity index is 730. The van der Waals surface area contributed by atoms with Gasteiger partial charge in [0.1, 0.15) is 11.8 Å². The Balaban J connectivity index is 2.17. The molecule has 8 heteroatoms. The molecule has 0 unspecified atom stereocenters. The van der Waals surface area contributed by atoms with Gasteiger partial charge in [0.15, 0.2) is 10.4 Å². The maximum absolute atomic E-state index is 5.30. The Morgan fingerprint density at radius 2 is 2.39 bits per heavy atom. The first-order chi connectivity index (χ1) is 8.79. The number of imidazole rings is 1. The highest BCUT2D eigenvalue weighted by Gasteiger charge is 2.11. The molecule has 0 saturated carbocycles. The Labute approximate surface area is 111 Å². The highest BCUT2D eigenvalue weighted by atomic mass is 32.1. The van der Waals surface area contributed by atoms with Crippen molar-refractivity contribution in [2.45, 2.75) is 6.54 Å². The minimum Gasteiger partial charge on any atom is -0.479 e. The molecule has 92 valence electrons. The molecule has 0 aliphatic carbocycles. The average molecular weight is 279 g/mol. The van der Waals surface area contributed by atoms with Gasteiger partial charge in [0.25, 0.3) is 0 Å². The summed E-state index contributed by atoms with van der Waals surface area (Å²) >= 11 is 6.88. The highest BCUT2D eigenvalue weighted by Crippen LogP contribution is 2.21. The van der Waals surface area contributed by atoms with Crippen LogP contribution in [0.4, 0.5) is 0 Å². The summed E-state index contributed by atoms with van der Waals surface area (Å²) in [5, 5.41) is 0. The van der Waals surface area contributed by atoms with Crippen LogP contribution in [-0.4, -0.2) is 31.6 Å². The van der Waals surface area contributed by atoms with Crippen LogP contribution in [0.5, 0.6) is 5.88 Å². The minimum atomic E-state index is 0.495. The van der Waals surface area contributed by atoms with Crippen LogP contribution in [0.25, 0.3) is 11.2 Å². The van der Waals surface area contributed by atoms with Crippen LogP contribution in [0.2, 0.25) is 0 Å². The smallest absolute Gasteiger partial charge is 0.242 e. The Morgan fingerprint density at radius 3 is 3.11 bits per heavy atom. The summed E-state index contributed by atoms with van der Waals surface area (Å²) in [7, 11) is 1.57. The molecule has 0 aliphatic rings. The number of fused-ring (bicyclic) bond motifs is 1.